The highest BCUT2D eigenvalue weighted by atomic mass is 35.5. The molecule has 0 heterocycles. The molecule has 0 aliphatic carbocycles. The average molecular weight is 443 g/mol. The number of hydrogen-bond donors (Lipinski definition) is 2. The Morgan fingerprint density at radius 2 is 1.63 bits per heavy atom. The fraction of sp³-hybridized carbons (Fsp3) is 0.174. The van der Waals surface area contributed by atoms with Gasteiger partial charge in [0.15, 0.2) is 0 Å². The van der Waals surface area contributed by atoms with Crippen molar-refractivity contribution >= 4 is 33.2 Å². The van der Waals surface area contributed by atoms with Crippen LogP contribution in [0.15, 0.2) is 71.6 Å². The van der Waals surface area contributed by atoms with Crippen LogP contribution in [0.4, 0.5) is 5.69 Å². The SMILES string of the molecule is Cc1ccc(S(=O)(=O)Nc2ccc(Cl)c(C(=O)NC(C)c3ccccc3C)c2)cc1. The molecule has 1 unspecified atom stereocenters. The fourth-order valence-electron chi connectivity index (χ4n) is 3.12. The van der Waals surface area contributed by atoms with E-state index < -0.39 is 10.0 Å². The van der Waals surface area contributed by atoms with Crippen molar-refractivity contribution in [3.8, 4) is 0 Å². The van der Waals surface area contributed by atoms with Gasteiger partial charge in [0.05, 0.1) is 21.5 Å². The molecule has 5 nitrogen and oxygen atoms in total. The molecule has 156 valence electrons. The lowest BCUT2D eigenvalue weighted by molar-refractivity contribution is 0.0940. The minimum Gasteiger partial charge on any atom is -0.345 e. The van der Waals surface area contributed by atoms with Gasteiger partial charge in [-0.25, -0.2) is 8.42 Å². The van der Waals surface area contributed by atoms with Gasteiger partial charge in [0, 0.05) is 5.69 Å². The van der Waals surface area contributed by atoms with E-state index in [1.54, 1.807) is 12.1 Å². The minimum atomic E-state index is -3.78. The van der Waals surface area contributed by atoms with Gasteiger partial charge in [-0.15, -0.1) is 0 Å². The predicted octanol–water partition coefficient (Wildman–Crippen LogP) is 5.25. The van der Waals surface area contributed by atoms with Crippen LogP contribution >= 0.6 is 11.6 Å². The van der Waals surface area contributed by atoms with Crippen LogP contribution in [0, 0.1) is 13.8 Å². The largest absolute Gasteiger partial charge is 0.345 e. The zero-order valence-electron chi connectivity index (χ0n) is 16.9. The lowest BCUT2D eigenvalue weighted by atomic mass is 10.0. The predicted molar refractivity (Wildman–Crippen MR) is 120 cm³/mol. The van der Waals surface area contributed by atoms with Gasteiger partial charge in [0.1, 0.15) is 0 Å². The van der Waals surface area contributed by atoms with Crippen LogP contribution in [0.5, 0.6) is 0 Å². The number of halogens is 1. The van der Waals surface area contributed by atoms with Crippen LogP contribution in [-0.2, 0) is 10.0 Å². The summed E-state index contributed by atoms with van der Waals surface area (Å²) in [6, 6.07) is 18.5. The first-order valence-corrected chi connectivity index (χ1v) is 11.3. The molecule has 3 rings (SSSR count). The van der Waals surface area contributed by atoms with Crippen LogP contribution in [0.3, 0.4) is 0 Å². The van der Waals surface area contributed by atoms with Gasteiger partial charge in [0.25, 0.3) is 15.9 Å². The highest BCUT2D eigenvalue weighted by molar-refractivity contribution is 7.92. The summed E-state index contributed by atoms with van der Waals surface area (Å²) in [5, 5.41) is 3.16. The second kappa shape index (κ2) is 8.90. The highest BCUT2D eigenvalue weighted by Crippen LogP contribution is 2.24. The van der Waals surface area contributed by atoms with E-state index in [1.165, 1.54) is 30.3 Å². The first kappa shape index (κ1) is 21.9. The van der Waals surface area contributed by atoms with E-state index >= 15 is 0 Å². The number of carbonyl (C=O) groups is 1. The summed E-state index contributed by atoms with van der Waals surface area (Å²) in [7, 11) is -3.78. The van der Waals surface area contributed by atoms with Crippen molar-refractivity contribution in [1.82, 2.24) is 5.32 Å². The number of rotatable bonds is 6. The molecule has 0 aliphatic heterocycles. The Balaban J connectivity index is 1.82. The number of nitrogens with one attached hydrogen (secondary N) is 2. The summed E-state index contributed by atoms with van der Waals surface area (Å²) in [5.74, 6) is -0.382. The maximum absolute atomic E-state index is 12.8. The normalized spacial score (nSPS) is 12.3. The average Bonchev–Trinajstić information content (AvgIpc) is 2.69. The van der Waals surface area contributed by atoms with Crippen LogP contribution in [0.1, 0.15) is 40.0 Å². The van der Waals surface area contributed by atoms with Crippen LogP contribution in [0.25, 0.3) is 0 Å². The Hall–Kier alpha value is -2.83. The Bertz CT molecular complexity index is 1180. The summed E-state index contributed by atoms with van der Waals surface area (Å²) in [5.41, 5.74) is 3.48. The molecule has 7 heteroatoms. The molecule has 30 heavy (non-hydrogen) atoms. The number of aryl methyl sites for hydroxylation is 2. The van der Waals surface area contributed by atoms with E-state index in [1.807, 2.05) is 45.0 Å². The van der Waals surface area contributed by atoms with Gasteiger partial charge in [-0.1, -0.05) is 53.6 Å². The van der Waals surface area contributed by atoms with Crippen LogP contribution in [-0.4, -0.2) is 14.3 Å². The Morgan fingerprint density at radius 1 is 0.967 bits per heavy atom. The maximum atomic E-state index is 12.8. The molecule has 0 bridgehead atoms. The Kier molecular flexibility index (Phi) is 6.48. The van der Waals surface area contributed by atoms with E-state index in [2.05, 4.69) is 10.0 Å². The molecule has 1 amide bonds. The van der Waals surface area contributed by atoms with Crippen LogP contribution < -0.4 is 10.0 Å². The van der Waals surface area contributed by atoms with E-state index in [4.69, 9.17) is 11.6 Å². The van der Waals surface area contributed by atoms with Crippen molar-refractivity contribution in [2.45, 2.75) is 31.7 Å². The third-order valence-electron chi connectivity index (χ3n) is 4.80. The highest BCUT2D eigenvalue weighted by Gasteiger charge is 2.18. The molecule has 1 atom stereocenters. The smallest absolute Gasteiger partial charge is 0.261 e. The van der Waals surface area contributed by atoms with Gasteiger partial charge in [0.2, 0.25) is 0 Å². The van der Waals surface area contributed by atoms with Crippen molar-refractivity contribution in [2.24, 2.45) is 0 Å². The lowest BCUT2D eigenvalue weighted by Crippen LogP contribution is -2.27. The summed E-state index contributed by atoms with van der Waals surface area (Å²) >= 11 is 6.22. The molecule has 0 fully saturated rings. The quantitative estimate of drug-likeness (QED) is 0.547. The number of benzene rings is 3. The lowest BCUT2D eigenvalue weighted by Gasteiger charge is -2.17. The molecule has 0 aliphatic rings. The molecular weight excluding hydrogens is 420 g/mol. The van der Waals surface area contributed by atoms with E-state index in [-0.39, 0.29) is 33.1 Å². The molecule has 3 aromatic carbocycles. The van der Waals surface area contributed by atoms with Crippen molar-refractivity contribution in [1.29, 1.82) is 0 Å². The fourth-order valence-corrected chi connectivity index (χ4v) is 4.37. The van der Waals surface area contributed by atoms with E-state index in [0.717, 1.165) is 16.7 Å². The first-order valence-electron chi connectivity index (χ1n) is 9.43. The van der Waals surface area contributed by atoms with Gasteiger partial charge in [-0.05, 0) is 62.2 Å². The minimum absolute atomic E-state index is 0.141. The zero-order chi connectivity index (χ0) is 21.9. The molecular formula is C23H23ClN2O3S. The van der Waals surface area contributed by atoms with Crippen molar-refractivity contribution in [3.05, 3.63) is 94.0 Å². The Morgan fingerprint density at radius 3 is 2.30 bits per heavy atom. The zero-order valence-corrected chi connectivity index (χ0v) is 18.5. The van der Waals surface area contributed by atoms with E-state index in [9.17, 15) is 13.2 Å². The topological polar surface area (TPSA) is 75.3 Å². The van der Waals surface area contributed by atoms with E-state index in [0.29, 0.717) is 0 Å². The molecule has 0 spiro atoms. The number of hydrogen-bond acceptors (Lipinski definition) is 3. The third-order valence-corrected chi connectivity index (χ3v) is 6.52. The number of carbonyl (C=O) groups excluding carboxylic acids is 1. The first-order chi connectivity index (χ1) is 14.2. The molecule has 3 aromatic rings. The summed E-state index contributed by atoms with van der Waals surface area (Å²) in [6.07, 6.45) is 0. The third kappa shape index (κ3) is 5.01. The molecule has 2 N–H and O–H groups in total. The molecule has 0 radical (unpaired) electrons. The number of amides is 1. The molecule has 0 saturated carbocycles. The second-order valence-corrected chi connectivity index (χ2v) is 9.25. The maximum Gasteiger partial charge on any atom is 0.261 e. The van der Waals surface area contributed by atoms with Crippen molar-refractivity contribution < 1.29 is 13.2 Å². The standard InChI is InChI=1S/C23H23ClN2O3S/c1-15-8-11-19(12-9-15)30(28,29)26-18-10-13-22(24)21(14-18)23(27)25-17(3)20-7-5-4-6-16(20)2/h4-14,17,26H,1-3H3,(H,25,27). The molecule has 0 saturated heterocycles. The monoisotopic (exact) mass is 442 g/mol. The van der Waals surface area contributed by atoms with Gasteiger partial charge in [-0.2, -0.15) is 0 Å². The van der Waals surface area contributed by atoms with Crippen molar-refractivity contribution in [2.75, 3.05) is 4.72 Å². The van der Waals surface area contributed by atoms with Gasteiger partial charge < -0.3 is 5.32 Å². The van der Waals surface area contributed by atoms with Crippen molar-refractivity contribution in [3.63, 3.8) is 0 Å². The van der Waals surface area contributed by atoms with Gasteiger partial charge in [-0.3, -0.25) is 9.52 Å². The summed E-state index contributed by atoms with van der Waals surface area (Å²) < 4.78 is 27.8. The Labute approximate surface area is 182 Å². The number of anilines is 1. The second-order valence-electron chi connectivity index (χ2n) is 7.16. The summed E-state index contributed by atoms with van der Waals surface area (Å²) in [6.45, 7) is 5.75. The molecule has 0 aromatic heterocycles. The number of sulfonamides is 1. The van der Waals surface area contributed by atoms with Crippen LogP contribution in [0.2, 0.25) is 5.02 Å². The summed E-state index contributed by atoms with van der Waals surface area (Å²) in [4.78, 5) is 13.0. The van der Waals surface area contributed by atoms with Gasteiger partial charge >= 0.3 is 0 Å².